The van der Waals surface area contributed by atoms with Gasteiger partial charge < -0.3 is 25.2 Å². The van der Waals surface area contributed by atoms with Crippen LogP contribution in [0.1, 0.15) is 46.4 Å². The van der Waals surface area contributed by atoms with Crippen molar-refractivity contribution < 1.29 is 24.2 Å². The third-order valence-electron chi connectivity index (χ3n) is 10.8. The maximum absolute atomic E-state index is 14.2. The highest BCUT2D eigenvalue weighted by molar-refractivity contribution is 6.91. The minimum atomic E-state index is -2.35. The third-order valence-corrected chi connectivity index (χ3v) is 15.2. The standard InChI is InChI=1S/C40H43N5O5Si/c1-26-37(51(3,4)31-18-16-30(49-2)17-19-31)36(21-22-45-24-35(43-44-45)32(25-46)27-11-7-5-8-12-27)50-40(26)33-23-29(15-20-34(33)42-39(40)48)41-38(47)28-13-9-6-10-14-28/h5-20,23-24,26,32,36-37,46H,21-22,25H2,1-4H3,(H,41,47)(H,42,48)/t26-,32?,36+,37-,40+/m1/s1. The number of aryl methyl sites for hydroxylation is 1. The number of rotatable bonds is 11. The van der Waals surface area contributed by atoms with Gasteiger partial charge in [-0.3, -0.25) is 14.3 Å². The predicted molar refractivity (Wildman–Crippen MR) is 199 cm³/mol. The first-order chi connectivity index (χ1) is 24.6. The first-order valence-corrected chi connectivity index (χ1v) is 20.4. The number of benzene rings is 4. The van der Waals surface area contributed by atoms with Gasteiger partial charge in [0.15, 0.2) is 5.60 Å². The van der Waals surface area contributed by atoms with Gasteiger partial charge in [-0.2, -0.15) is 0 Å². The molecule has 4 aromatic carbocycles. The van der Waals surface area contributed by atoms with Crippen molar-refractivity contribution >= 4 is 36.4 Å². The Labute approximate surface area is 298 Å². The number of hydrogen-bond donors (Lipinski definition) is 3. The monoisotopic (exact) mass is 701 g/mol. The van der Waals surface area contributed by atoms with Gasteiger partial charge in [-0.25, -0.2) is 0 Å². The Bertz CT molecular complexity index is 2020. The van der Waals surface area contributed by atoms with Gasteiger partial charge in [0, 0.05) is 41.2 Å². The highest BCUT2D eigenvalue weighted by Crippen LogP contribution is 2.59. The van der Waals surface area contributed by atoms with Crippen LogP contribution in [0.4, 0.5) is 11.4 Å². The molecule has 1 unspecified atom stereocenters. The molecule has 1 saturated heterocycles. The van der Waals surface area contributed by atoms with E-state index in [0.717, 1.165) is 16.9 Å². The number of nitrogens with zero attached hydrogens (tertiary/aromatic N) is 3. The fourth-order valence-corrected chi connectivity index (χ4v) is 12.2. The maximum Gasteiger partial charge on any atom is 0.261 e. The van der Waals surface area contributed by atoms with Crippen molar-refractivity contribution in [2.45, 2.75) is 56.1 Å². The molecule has 2 aliphatic rings. The summed E-state index contributed by atoms with van der Waals surface area (Å²) in [5.74, 6) is -0.111. The van der Waals surface area contributed by atoms with Crippen molar-refractivity contribution in [3.63, 3.8) is 0 Å². The number of fused-ring (bicyclic) bond motifs is 2. The minimum Gasteiger partial charge on any atom is -0.497 e. The fourth-order valence-electron chi connectivity index (χ4n) is 8.17. The van der Waals surface area contributed by atoms with E-state index in [9.17, 15) is 14.7 Å². The number of hydrogen-bond acceptors (Lipinski definition) is 7. The van der Waals surface area contributed by atoms with Crippen LogP contribution in [0, 0.1) is 5.92 Å². The van der Waals surface area contributed by atoms with Gasteiger partial charge in [-0.15, -0.1) is 5.10 Å². The molecule has 1 fully saturated rings. The van der Waals surface area contributed by atoms with Gasteiger partial charge in [0.25, 0.3) is 11.8 Å². The molecule has 0 aliphatic carbocycles. The SMILES string of the molecule is COc1ccc([Si](C)(C)[C@H]2[C@H](CCn3cc(C(CO)c4ccccc4)nn3)O[C@@]3(C(=O)Nc4ccc(NC(=O)c5ccccc5)cc43)[C@@H]2C)cc1. The van der Waals surface area contributed by atoms with Crippen molar-refractivity contribution in [2.75, 3.05) is 24.4 Å². The van der Waals surface area contributed by atoms with Crippen LogP contribution < -0.4 is 20.6 Å². The number of ether oxygens (including phenoxy) is 2. The molecule has 262 valence electrons. The minimum absolute atomic E-state index is 0.0302. The summed E-state index contributed by atoms with van der Waals surface area (Å²) in [6, 6.07) is 32.7. The van der Waals surface area contributed by atoms with Crippen LogP contribution in [-0.2, 0) is 21.7 Å². The number of aliphatic hydroxyl groups is 1. The lowest BCUT2D eigenvalue weighted by molar-refractivity contribution is -0.143. The molecule has 7 rings (SSSR count). The number of aliphatic hydroxyl groups excluding tert-OH is 1. The van der Waals surface area contributed by atoms with Crippen molar-refractivity contribution in [2.24, 2.45) is 5.92 Å². The Hall–Kier alpha value is -5.10. The second-order valence-electron chi connectivity index (χ2n) is 14.0. The fraction of sp³-hybridized carbons (Fsp3) is 0.300. The summed E-state index contributed by atoms with van der Waals surface area (Å²) in [4.78, 5) is 27.3. The lowest BCUT2D eigenvalue weighted by atomic mass is 9.82. The van der Waals surface area contributed by atoms with E-state index in [0.29, 0.717) is 35.6 Å². The smallest absolute Gasteiger partial charge is 0.261 e. The molecule has 2 aliphatic heterocycles. The summed E-state index contributed by atoms with van der Waals surface area (Å²) in [6.07, 6.45) is 2.19. The third kappa shape index (κ3) is 6.26. The van der Waals surface area contributed by atoms with Gasteiger partial charge in [-0.1, -0.05) is 91.1 Å². The molecule has 1 aromatic heterocycles. The normalized spacial score (nSPS) is 21.7. The first kappa shape index (κ1) is 34.4. The van der Waals surface area contributed by atoms with Crippen LogP contribution in [0.3, 0.4) is 0 Å². The van der Waals surface area contributed by atoms with E-state index in [-0.39, 0.29) is 41.9 Å². The average Bonchev–Trinajstić information content (AvgIpc) is 3.82. The Morgan fingerprint density at radius 2 is 1.75 bits per heavy atom. The quantitative estimate of drug-likeness (QED) is 0.146. The molecule has 51 heavy (non-hydrogen) atoms. The zero-order valence-electron chi connectivity index (χ0n) is 29.2. The Morgan fingerprint density at radius 3 is 2.43 bits per heavy atom. The summed E-state index contributed by atoms with van der Waals surface area (Å²) in [7, 11) is -0.684. The highest BCUT2D eigenvalue weighted by Gasteiger charge is 2.64. The predicted octanol–water partition coefficient (Wildman–Crippen LogP) is 5.92. The number of nitrogens with one attached hydrogen (secondary N) is 2. The van der Waals surface area contributed by atoms with E-state index in [1.54, 1.807) is 30.0 Å². The summed E-state index contributed by atoms with van der Waals surface area (Å²) in [5.41, 5.74) is 3.00. The van der Waals surface area contributed by atoms with Crippen molar-refractivity contribution in [1.29, 1.82) is 0 Å². The molecule has 10 nitrogen and oxygen atoms in total. The number of aromatic nitrogens is 3. The van der Waals surface area contributed by atoms with Gasteiger partial charge in [-0.05, 0) is 60.0 Å². The summed E-state index contributed by atoms with van der Waals surface area (Å²) < 4.78 is 14.4. The number of amides is 2. The molecule has 1 spiro atoms. The summed E-state index contributed by atoms with van der Waals surface area (Å²) in [5, 5.41) is 26.5. The molecule has 5 aromatic rings. The molecular formula is C40H43N5O5Si. The second kappa shape index (κ2) is 13.9. The van der Waals surface area contributed by atoms with Crippen molar-refractivity contribution in [3.05, 3.63) is 132 Å². The average molecular weight is 702 g/mol. The lowest BCUT2D eigenvalue weighted by Crippen LogP contribution is -2.51. The first-order valence-electron chi connectivity index (χ1n) is 17.4. The zero-order valence-corrected chi connectivity index (χ0v) is 30.2. The van der Waals surface area contributed by atoms with E-state index < -0.39 is 13.7 Å². The number of carbonyl (C=O) groups is 2. The maximum atomic E-state index is 14.2. The van der Waals surface area contributed by atoms with Crippen LogP contribution in [0.2, 0.25) is 18.6 Å². The number of carbonyl (C=O) groups excluding carboxylic acids is 2. The van der Waals surface area contributed by atoms with Crippen LogP contribution in [-0.4, -0.2) is 59.8 Å². The van der Waals surface area contributed by atoms with Crippen LogP contribution in [0.15, 0.2) is 109 Å². The van der Waals surface area contributed by atoms with Crippen molar-refractivity contribution in [3.8, 4) is 5.75 Å². The summed E-state index contributed by atoms with van der Waals surface area (Å²) >= 11 is 0. The van der Waals surface area contributed by atoms with E-state index in [1.807, 2.05) is 79.0 Å². The Balaban J connectivity index is 1.22. The van der Waals surface area contributed by atoms with E-state index in [1.165, 1.54) is 5.19 Å². The van der Waals surface area contributed by atoms with E-state index in [4.69, 9.17) is 9.47 Å². The number of anilines is 2. The molecule has 0 bridgehead atoms. The molecule has 11 heteroatoms. The van der Waals surface area contributed by atoms with Crippen molar-refractivity contribution in [1.82, 2.24) is 15.0 Å². The highest BCUT2D eigenvalue weighted by atomic mass is 28.3. The van der Waals surface area contributed by atoms with Crippen LogP contribution in [0.25, 0.3) is 0 Å². The van der Waals surface area contributed by atoms with Crippen LogP contribution in [0.5, 0.6) is 5.75 Å². The number of methoxy groups -OCH3 is 1. The Morgan fingerprint density at radius 1 is 1.04 bits per heavy atom. The molecule has 0 saturated carbocycles. The molecular weight excluding hydrogens is 659 g/mol. The van der Waals surface area contributed by atoms with Gasteiger partial charge in [0.1, 0.15) is 5.75 Å². The topological polar surface area (TPSA) is 128 Å². The van der Waals surface area contributed by atoms with E-state index >= 15 is 0 Å². The van der Waals surface area contributed by atoms with Gasteiger partial charge >= 0.3 is 0 Å². The van der Waals surface area contributed by atoms with E-state index in [2.05, 4.69) is 53.1 Å². The molecule has 3 heterocycles. The largest absolute Gasteiger partial charge is 0.497 e. The second-order valence-corrected chi connectivity index (χ2v) is 18.7. The molecule has 5 atom stereocenters. The zero-order chi connectivity index (χ0) is 35.8. The molecule has 2 amide bonds. The molecule has 3 N–H and O–H groups in total. The van der Waals surface area contributed by atoms with Gasteiger partial charge in [0.2, 0.25) is 0 Å². The lowest BCUT2D eigenvalue weighted by Gasteiger charge is -2.37. The Kier molecular flexibility index (Phi) is 9.36. The van der Waals surface area contributed by atoms with Crippen LogP contribution >= 0.6 is 0 Å². The summed E-state index contributed by atoms with van der Waals surface area (Å²) in [6.45, 7) is 7.25. The van der Waals surface area contributed by atoms with Gasteiger partial charge in [0.05, 0.1) is 39.5 Å². The molecule has 0 radical (unpaired) electrons.